The van der Waals surface area contributed by atoms with Crippen molar-refractivity contribution in [3.05, 3.63) is 29.8 Å². The highest BCUT2D eigenvalue weighted by Crippen LogP contribution is 2.38. The van der Waals surface area contributed by atoms with E-state index >= 15 is 0 Å². The Bertz CT molecular complexity index is 621. The number of phenolic OH excluding ortho intramolecular Hbond substituents is 1. The molecule has 7 heteroatoms. The van der Waals surface area contributed by atoms with E-state index in [0.29, 0.717) is 0 Å². The third-order valence-corrected chi connectivity index (χ3v) is 4.62. The molecule has 7 nitrogen and oxygen atoms in total. The average molecular weight is 304 g/mol. The summed E-state index contributed by atoms with van der Waals surface area (Å²) >= 11 is 0. The second-order valence-corrected chi connectivity index (χ2v) is 5.97. The number of aromatic hydroxyl groups is 1. The van der Waals surface area contributed by atoms with Crippen molar-refractivity contribution in [1.82, 2.24) is 20.4 Å². The lowest BCUT2D eigenvalue weighted by Gasteiger charge is -2.52. The summed E-state index contributed by atoms with van der Waals surface area (Å²) in [6, 6.07) is 6.14. The first-order valence-electron chi connectivity index (χ1n) is 7.25. The van der Waals surface area contributed by atoms with Gasteiger partial charge in [0.25, 0.3) is 0 Å². The van der Waals surface area contributed by atoms with E-state index in [4.69, 9.17) is 0 Å². The van der Waals surface area contributed by atoms with Gasteiger partial charge in [0.1, 0.15) is 11.9 Å². The summed E-state index contributed by atoms with van der Waals surface area (Å²) < 4.78 is 0. The molecule has 118 valence electrons. The number of carbonyl (C=O) groups is 2. The molecule has 0 saturated carbocycles. The second-order valence-electron chi connectivity index (χ2n) is 5.97. The predicted molar refractivity (Wildman–Crippen MR) is 80.2 cm³/mol. The van der Waals surface area contributed by atoms with E-state index in [2.05, 4.69) is 10.6 Å². The molecule has 2 aliphatic heterocycles. The Labute approximate surface area is 128 Å². The Morgan fingerprint density at radius 3 is 2.45 bits per heavy atom. The number of urea groups is 2. The van der Waals surface area contributed by atoms with E-state index in [9.17, 15) is 14.7 Å². The number of hydrogen-bond donors (Lipinski definition) is 3. The first-order chi connectivity index (χ1) is 10.4. The van der Waals surface area contributed by atoms with Crippen LogP contribution < -0.4 is 10.6 Å². The van der Waals surface area contributed by atoms with Gasteiger partial charge in [-0.05, 0) is 24.6 Å². The number of nitrogens with zero attached hydrogens (tertiary/aromatic N) is 2. The summed E-state index contributed by atoms with van der Waals surface area (Å²) in [6.45, 7) is 1.93. The number of rotatable bonds is 1. The Morgan fingerprint density at radius 2 is 1.77 bits per heavy atom. The van der Waals surface area contributed by atoms with E-state index in [1.165, 1.54) is 4.90 Å². The molecule has 1 aromatic rings. The fourth-order valence-electron chi connectivity index (χ4n) is 3.46. The lowest BCUT2D eigenvalue weighted by molar-refractivity contribution is 0.0247. The molecular weight excluding hydrogens is 284 g/mol. The highest BCUT2D eigenvalue weighted by atomic mass is 16.3. The van der Waals surface area contributed by atoms with Crippen LogP contribution in [0.4, 0.5) is 9.59 Å². The van der Waals surface area contributed by atoms with E-state index in [0.717, 1.165) is 5.56 Å². The van der Waals surface area contributed by atoms with Gasteiger partial charge in [-0.1, -0.05) is 12.1 Å². The monoisotopic (exact) mass is 304 g/mol. The zero-order valence-corrected chi connectivity index (χ0v) is 12.8. The molecule has 2 aliphatic rings. The van der Waals surface area contributed by atoms with Crippen LogP contribution in [-0.2, 0) is 0 Å². The molecule has 0 radical (unpaired) electrons. The fourth-order valence-corrected chi connectivity index (χ4v) is 3.46. The minimum Gasteiger partial charge on any atom is -0.508 e. The van der Waals surface area contributed by atoms with Gasteiger partial charge in [-0.25, -0.2) is 9.59 Å². The van der Waals surface area contributed by atoms with Crippen LogP contribution in [-0.4, -0.2) is 53.3 Å². The maximum absolute atomic E-state index is 12.3. The number of fused-ring (bicyclic) bond motifs is 1. The maximum Gasteiger partial charge on any atom is 0.319 e. The number of hydrogen-bond acceptors (Lipinski definition) is 3. The SMILES string of the molecule is C[C@@H]1NC(=O)N(C)[C@@H]2NC(=O)N(C)[C@H](c3cccc(O)c3)[C@H]12. The van der Waals surface area contributed by atoms with Crippen LogP contribution in [0.3, 0.4) is 0 Å². The summed E-state index contributed by atoms with van der Waals surface area (Å²) in [7, 11) is 3.40. The van der Waals surface area contributed by atoms with Crippen LogP contribution in [0.1, 0.15) is 18.5 Å². The minimum atomic E-state index is -0.375. The molecule has 2 saturated heterocycles. The number of phenols is 1. The van der Waals surface area contributed by atoms with Crippen LogP contribution in [0.15, 0.2) is 24.3 Å². The zero-order chi connectivity index (χ0) is 16.0. The maximum atomic E-state index is 12.3. The molecule has 0 aliphatic carbocycles. The van der Waals surface area contributed by atoms with Gasteiger partial charge in [0, 0.05) is 26.1 Å². The second kappa shape index (κ2) is 5.08. The minimum absolute atomic E-state index is 0.0350. The van der Waals surface area contributed by atoms with Crippen LogP contribution >= 0.6 is 0 Å². The summed E-state index contributed by atoms with van der Waals surface area (Å²) in [6.07, 6.45) is -0.375. The van der Waals surface area contributed by atoms with Gasteiger partial charge in [0.2, 0.25) is 0 Å². The highest BCUT2D eigenvalue weighted by molar-refractivity contribution is 5.80. The molecule has 0 aromatic heterocycles. The van der Waals surface area contributed by atoms with Gasteiger partial charge in [0.15, 0.2) is 0 Å². The van der Waals surface area contributed by atoms with Crippen molar-refractivity contribution in [2.45, 2.75) is 25.2 Å². The van der Waals surface area contributed by atoms with E-state index in [1.54, 1.807) is 37.2 Å². The number of nitrogens with one attached hydrogen (secondary N) is 2. The topological polar surface area (TPSA) is 84.9 Å². The van der Waals surface area contributed by atoms with Gasteiger partial charge in [0.05, 0.1) is 6.04 Å². The first-order valence-corrected chi connectivity index (χ1v) is 7.25. The van der Waals surface area contributed by atoms with Gasteiger partial charge in [-0.3, -0.25) is 0 Å². The fraction of sp³-hybridized carbons (Fsp3) is 0.467. The Morgan fingerprint density at radius 1 is 1.09 bits per heavy atom. The smallest absolute Gasteiger partial charge is 0.319 e. The van der Waals surface area contributed by atoms with E-state index < -0.39 is 0 Å². The Kier molecular flexibility index (Phi) is 3.35. The Hall–Kier alpha value is -2.44. The zero-order valence-electron chi connectivity index (χ0n) is 12.8. The van der Waals surface area contributed by atoms with Crippen molar-refractivity contribution in [3.8, 4) is 5.75 Å². The predicted octanol–water partition coefficient (Wildman–Crippen LogP) is 1.07. The molecule has 0 unspecified atom stereocenters. The van der Waals surface area contributed by atoms with Crippen molar-refractivity contribution in [1.29, 1.82) is 0 Å². The van der Waals surface area contributed by atoms with Gasteiger partial charge in [-0.2, -0.15) is 0 Å². The molecule has 0 bridgehead atoms. The molecule has 22 heavy (non-hydrogen) atoms. The summed E-state index contributed by atoms with van der Waals surface area (Å²) in [5, 5.41) is 15.6. The number of benzene rings is 1. The first kappa shape index (κ1) is 14.5. The third-order valence-electron chi connectivity index (χ3n) is 4.62. The van der Waals surface area contributed by atoms with Crippen molar-refractivity contribution >= 4 is 12.1 Å². The molecule has 2 heterocycles. The molecule has 3 N–H and O–H groups in total. The highest BCUT2D eigenvalue weighted by Gasteiger charge is 2.49. The molecule has 2 fully saturated rings. The quantitative estimate of drug-likeness (QED) is 0.725. The lowest BCUT2D eigenvalue weighted by Crippen LogP contribution is -2.71. The molecule has 4 amide bonds. The summed E-state index contributed by atoms with van der Waals surface area (Å²) in [5.41, 5.74) is 0.851. The van der Waals surface area contributed by atoms with Crippen molar-refractivity contribution < 1.29 is 14.7 Å². The van der Waals surface area contributed by atoms with Crippen LogP contribution in [0.5, 0.6) is 5.75 Å². The largest absolute Gasteiger partial charge is 0.508 e. The summed E-state index contributed by atoms with van der Waals surface area (Å²) in [5.74, 6) is 0.126. The summed E-state index contributed by atoms with van der Waals surface area (Å²) in [4.78, 5) is 27.4. The van der Waals surface area contributed by atoms with Gasteiger partial charge >= 0.3 is 12.1 Å². The van der Waals surface area contributed by atoms with Crippen LogP contribution in [0, 0.1) is 5.92 Å². The standard InChI is InChI=1S/C15H20N4O3/c1-8-11-12(9-5-4-6-10(20)7-9)18(2)15(22)17-13(11)19(3)14(21)16-8/h4-8,11-13,20H,1-3H3,(H,16,21)(H,17,22)/t8-,11-,12+,13-/m0/s1. The average Bonchev–Trinajstić information content (AvgIpc) is 2.47. The normalized spacial score (nSPS) is 31.4. The Balaban J connectivity index is 2.05. The van der Waals surface area contributed by atoms with Crippen LogP contribution in [0.25, 0.3) is 0 Å². The molecule has 0 spiro atoms. The molecular formula is C15H20N4O3. The van der Waals surface area contributed by atoms with Crippen molar-refractivity contribution in [2.75, 3.05) is 14.1 Å². The third kappa shape index (κ3) is 2.13. The van der Waals surface area contributed by atoms with Gasteiger partial charge in [-0.15, -0.1) is 0 Å². The number of carbonyl (C=O) groups excluding carboxylic acids is 2. The van der Waals surface area contributed by atoms with Gasteiger partial charge < -0.3 is 25.5 Å². The lowest BCUT2D eigenvalue weighted by atomic mass is 9.81. The van der Waals surface area contributed by atoms with Crippen LogP contribution in [0.2, 0.25) is 0 Å². The van der Waals surface area contributed by atoms with Crippen molar-refractivity contribution in [2.24, 2.45) is 5.92 Å². The van der Waals surface area contributed by atoms with Crippen molar-refractivity contribution in [3.63, 3.8) is 0 Å². The van der Waals surface area contributed by atoms with E-state index in [-0.39, 0.29) is 42.0 Å². The molecule has 3 rings (SSSR count). The molecule has 1 aromatic carbocycles. The van der Waals surface area contributed by atoms with E-state index in [1.807, 2.05) is 13.0 Å². The number of amides is 4. The molecule has 4 atom stereocenters.